The van der Waals surface area contributed by atoms with Crippen molar-refractivity contribution >= 4 is 16.0 Å². The van der Waals surface area contributed by atoms with Crippen LogP contribution in [0.1, 0.15) is 15.9 Å². The van der Waals surface area contributed by atoms with E-state index in [0.717, 1.165) is 5.56 Å². The van der Waals surface area contributed by atoms with Crippen molar-refractivity contribution in [3.8, 4) is 0 Å². The number of methoxy groups -OCH3 is 1. The molecule has 0 aliphatic heterocycles. The standard InChI is InChI=1S/C10H13NO4S/c1-15-10(12)9-4-2-8(3-5-9)6-7-16(11,13)14/h2-5H,6-7H2,1H3,(H2,11,13,14). The number of aryl methyl sites for hydroxylation is 1. The average molecular weight is 243 g/mol. The second-order valence-corrected chi connectivity index (χ2v) is 5.04. The summed E-state index contributed by atoms with van der Waals surface area (Å²) in [5.74, 6) is -0.525. The lowest BCUT2D eigenvalue weighted by atomic mass is 10.1. The molecule has 6 heteroatoms. The van der Waals surface area contributed by atoms with Crippen molar-refractivity contribution in [2.75, 3.05) is 12.9 Å². The smallest absolute Gasteiger partial charge is 0.337 e. The lowest BCUT2D eigenvalue weighted by Crippen LogP contribution is -2.17. The van der Waals surface area contributed by atoms with E-state index in [4.69, 9.17) is 5.14 Å². The van der Waals surface area contributed by atoms with Gasteiger partial charge in [0, 0.05) is 0 Å². The van der Waals surface area contributed by atoms with Crippen LogP contribution in [0.15, 0.2) is 24.3 Å². The third-order valence-corrected chi connectivity index (χ3v) is 2.82. The number of esters is 1. The summed E-state index contributed by atoms with van der Waals surface area (Å²) in [6.07, 6.45) is 0.334. The van der Waals surface area contributed by atoms with Crippen molar-refractivity contribution in [1.82, 2.24) is 0 Å². The fraction of sp³-hybridized carbons (Fsp3) is 0.300. The van der Waals surface area contributed by atoms with E-state index in [2.05, 4.69) is 4.74 Å². The number of sulfonamides is 1. The van der Waals surface area contributed by atoms with Crippen molar-refractivity contribution in [2.45, 2.75) is 6.42 Å². The van der Waals surface area contributed by atoms with Crippen LogP contribution in [-0.4, -0.2) is 27.2 Å². The highest BCUT2D eigenvalue weighted by atomic mass is 32.2. The summed E-state index contributed by atoms with van der Waals surface area (Å²) in [5, 5.41) is 4.88. The first-order valence-corrected chi connectivity index (χ1v) is 6.31. The molecule has 1 rings (SSSR count). The number of carbonyl (C=O) groups excluding carboxylic acids is 1. The molecule has 0 aliphatic carbocycles. The molecule has 16 heavy (non-hydrogen) atoms. The molecule has 1 aromatic carbocycles. The molecule has 0 amide bonds. The van der Waals surface area contributed by atoms with E-state index in [0.29, 0.717) is 12.0 Å². The van der Waals surface area contributed by atoms with Crippen molar-refractivity contribution in [1.29, 1.82) is 0 Å². The van der Waals surface area contributed by atoms with E-state index in [1.165, 1.54) is 7.11 Å². The molecule has 0 aromatic heterocycles. The van der Waals surface area contributed by atoms with Gasteiger partial charge in [-0.05, 0) is 24.1 Å². The SMILES string of the molecule is COC(=O)c1ccc(CCS(N)(=O)=O)cc1. The highest BCUT2D eigenvalue weighted by Crippen LogP contribution is 2.06. The van der Waals surface area contributed by atoms with Crippen molar-refractivity contribution in [3.63, 3.8) is 0 Å². The quantitative estimate of drug-likeness (QED) is 0.771. The van der Waals surface area contributed by atoms with Gasteiger partial charge in [-0.1, -0.05) is 12.1 Å². The summed E-state index contributed by atoms with van der Waals surface area (Å²) < 4.78 is 26.0. The van der Waals surface area contributed by atoms with Gasteiger partial charge in [0.1, 0.15) is 0 Å². The molecule has 0 atom stereocenters. The van der Waals surface area contributed by atoms with Crippen LogP contribution < -0.4 is 5.14 Å². The molecular weight excluding hydrogens is 230 g/mol. The molecule has 0 unspecified atom stereocenters. The van der Waals surface area contributed by atoms with Gasteiger partial charge in [0.25, 0.3) is 0 Å². The first kappa shape index (κ1) is 12.7. The van der Waals surface area contributed by atoms with Gasteiger partial charge in [-0.2, -0.15) is 0 Å². The molecule has 1 aromatic rings. The van der Waals surface area contributed by atoms with E-state index in [9.17, 15) is 13.2 Å². The summed E-state index contributed by atoms with van der Waals surface area (Å²) in [6.45, 7) is 0. The van der Waals surface area contributed by atoms with Crippen LogP contribution in [0.25, 0.3) is 0 Å². The molecular formula is C10H13NO4S. The normalized spacial score (nSPS) is 11.1. The lowest BCUT2D eigenvalue weighted by Gasteiger charge is -2.02. The maximum absolute atomic E-state index is 11.1. The Bertz CT molecular complexity index is 464. The predicted molar refractivity (Wildman–Crippen MR) is 59.5 cm³/mol. The molecule has 0 saturated carbocycles. The van der Waals surface area contributed by atoms with E-state index >= 15 is 0 Å². The van der Waals surface area contributed by atoms with E-state index < -0.39 is 16.0 Å². The lowest BCUT2D eigenvalue weighted by molar-refractivity contribution is 0.0600. The maximum atomic E-state index is 11.1. The Kier molecular flexibility index (Phi) is 4.03. The van der Waals surface area contributed by atoms with Gasteiger partial charge >= 0.3 is 5.97 Å². The zero-order valence-corrected chi connectivity index (χ0v) is 9.66. The molecule has 0 heterocycles. The first-order chi connectivity index (χ1) is 7.42. The Morgan fingerprint density at radius 3 is 2.31 bits per heavy atom. The summed E-state index contributed by atoms with van der Waals surface area (Å²) >= 11 is 0. The Labute approximate surface area is 94.3 Å². The molecule has 0 saturated heterocycles. The van der Waals surface area contributed by atoms with Gasteiger partial charge in [0.15, 0.2) is 0 Å². The highest BCUT2D eigenvalue weighted by Gasteiger charge is 2.06. The van der Waals surface area contributed by atoms with Gasteiger partial charge < -0.3 is 4.74 Å². The van der Waals surface area contributed by atoms with Gasteiger partial charge in [-0.3, -0.25) is 0 Å². The summed E-state index contributed by atoms with van der Waals surface area (Å²) in [6, 6.07) is 6.53. The maximum Gasteiger partial charge on any atom is 0.337 e. The van der Waals surface area contributed by atoms with Crippen LogP contribution in [-0.2, 0) is 21.2 Å². The number of rotatable bonds is 4. The predicted octanol–water partition coefficient (Wildman–Crippen LogP) is 0.304. The second kappa shape index (κ2) is 5.09. The van der Waals surface area contributed by atoms with Crippen LogP contribution in [0, 0.1) is 0 Å². The first-order valence-electron chi connectivity index (χ1n) is 4.60. The molecule has 0 aliphatic rings. The Balaban J connectivity index is 2.69. The zero-order chi connectivity index (χ0) is 12.2. The minimum absolute atomic E-state index is 0.107. The van der Waals surface area contributed by atoms with Crippen LogP contribution in [0.4, 0.5) is 0 Å². The largest absolute Gasteiger partial charge is 0.465 e. The second-order valence-electron chi connectivity index (χ2n) is 3.31. The number of ether oxygens (including phenoxy) is 1. The Morgan fingerprint density at radius 1 is 1.31 bits per heavy atom. The Morgan fingerprint density at radius 2 is 1.88 bits per heavy atom. The molecule has 2 N–H and O–H groups in total. The van der Waals surface area contributed by atoms with Gasteiger partial charge in [-0.25, -0.2) is 18.4 Å². The van der Waals surface area contributed by atoms with E-state index in [-0.39, 0.29) is 5.75 Å². The molecule has 0 bridgehead atoms. The fourth-order valence-electron chi connectivity index (χ4n) is 1.19. The topological polar surface area (TPSA) is 86.5 Å². The Hall–Kier alpha value is -1.40. The molecule has 0 spiro atoms. The van der Waals surface area contributed by atoms with Crippen LogP contribution >= 0.6 is 0 Å². The van der Waals surface area contributed by atoms with Crippen molar-refractivity contribution in [2.24, 2.45) is 5.14 Å². The van der Waals surface area contributed by atoms with Gasteiger partial charge in [0.05, 0.1) is 18.4 Å². The van der Waals surface area contributed by atoms with Gasteiger partial charge in [-0.15, -0.1) is 0 Å². The summed E-state index contributed by atoms with van der Waals surface area (Å²) in [7, 11) is -2.14. The molecule has 88 valence electrons. The van der Waals surface area contributed by atoms with E-state index in [1.807, 2.05) is 0 Å². The number of hydrogen-bond acceptors (Lipinski definition) is 4. The number of carbonyl (C=O) groups is 1. The third kappa shape index (κ3) is 4.00. The number of nitrogens with two attached hydrogens (primary N) is 1. The number of benzene rings is 1. The molecule has 0 radical (unpaired) electrons. The molecule has 5 nitrogen and oxygen atoms in total. The third-order valence-electron chi connectivity index (χ3n) is 2.05. The van der Waals surface area contributed by atoms with Crippen LogP contribution in [0.5, 0.6) is 0 Å². The van der Waals surface area contributed by atoms with E-state index in [1.54, 1.807) is 24.3 Å². The fourth-order valence-corrected chi connectivity index (χ4v) is 1.71. The average Bonchev–Trinajstić information content (AvgIpc) is 2.25. The minimum atomic E-state index is -3.45. The summed E-state index contributed by atoms with van der Waals surface area (Å²) in [5.41, 5.74) is 1.24. The monoisotopic (exact) mass is 243 g/mol. The highest BCUT2D eigenvalue weighted by molar-refractivity contribution is 7.89. The number of primary sulfonamides is 1. The minimum Gasteiger partial charge on any atom is -0.465 e. The zero-order valence-electron chi connectivity index (χ0n) is 8.84. The van der Waals surface area contributed by atoms with Crippen molar-refractivity contribution in [3.05, 3.63) is 35.4 Å². The number of hydrogen-bond donors (Lipinski definition) is 1. The van der Waals surface area contributed by atoms with Crippen molar-refractivity contribution < 1.29 is 17.9 Å². The summed E-state index contributed by atoms with van der Waals surface area (Å²) in [4.78, 5) is 11.1. The van der Waals surface area contributed by atoms with Gasteiger partial charge in [0.2, 0.25) is 10.0 Å². The van der Waals surface area contributed by atoms with Crippen LogP contribution in [0.3, 0.4) is 0 Å². The molecule has 0 fully saturated rings. The van der Waals surface area contributed by atoms with Crippen LogP contribution in [0.2, 0.25) is 0 Å².